The quantitative estimate of drug-likeness (QED) is 0.894. The second kappa shape index (κ2) is 6.33. The lowest BCUT2D eigenvalue weighted by atomic mass is 10.1. The molecule has 2 rings (SSSR count). The molecule has 2 aromatic carbocycles. The van der Waals surface area contributed by atoms with E-state index in [2.05, 4.69) is 5.32 Å². The molecule has 0 unspecified atom stereocenters. The molecular weight excluding hydrogens is 253 g/mol. The van der Waals surface area contributed by atoms with Crippen LogP contribution in [0, 0.1) is 19.7 Å². The molecule has 0 saturated carbocycles. The van der Waals surface area contributed by atoms with Crippen LogP contribution in [0.15, 0.2) is 42.5 Å². The molecule has 0 aromatic heterocycles. The highest BCUT2D eigenvalue weighted by atomic mass is 19.1. The topological polar surface area (TPSA) is 29.1 Å². The van der Waals surface area contributed by atoms with Crippen LogP contribution in [-0.4, -0.2) is 5.91 Å². The summed E-state index contributed by atoms with van der Waals surface area (Å²) in [7, 11) is 0. The Labute approximate surface area is 118 Å². The van der Waals surface area contributed by atoms with Crippen molar-refractivity contribution in [2.75, 3.05) is 5.32 Å². The van der Waals surface area contributed by atoms with E-state index in [-0.39, 0.29) is 11.7 Å². The standard InChI is InChI=1S/C17H18FNO/c1-12-3-9-16(11-13(12)2)19-17(20)10-6-14-4-7-15(18)8-5-14/h3-5,7-9,11H,6,10H2,1-2H3,(H,19,20). The summed E-state index contributed by atoms with van der Waals surface area (Å²) in [5.41, 5.74) is 4.13. The number of carbonyl (C=O) groups excluding carboxylic acids is 1. The molecule has 0 bridgehead atoms. The van der Waals surface area contributed by atoms with Crippen molar-refractivity contribution in [1.29, 1.82) is 0 Å². The number of aryl methyl sites for hydroxylation is 3. The van der Waals surface area contributed by atoms with E-state index in [0.29, 0.717) is 12.8 Å². The molecule has 3 heteroatoms. The molecule has 0 atom stereocenters. The molecule has 0 aliphatic heterocycles. The van der Waals surface area contributed by atoms with Crippen LogP contribution in [0.25, 0.3) is 0 Å². The molecule has 0 aliphatic carbocycles. The minimum Gasteiger partial charge on any atom is -0.326 e. The van der Waals surface area contributed by atoms with Crippen LogP contribution in [0.2, 0.25) is 0 Å². The van der Waals surface area contributed by atoms with Crippen LogP contribution < -0.4 is 5.32 Å². The van der Waals surface area contributed by atoms with Gasteiger partial charge in [0.25, 0.3) is 0 Å². The second-order valence-corrected chi connectivity index (χ2v) is 4.97. The summed E-state index contributed by atoms with van der Waals surface area (Å²) < 4.78 is 12.8. The zero-order valence-corrected chi connectivity index (χ0v) is 11.7. The van der Waals surface area contributed by atoms with Crippen molar-refractivity contribution in [3.63, 3.8) is 0 Å². The van der Waals surface area contributed by atoms with Gasteiger partial charge in [-0.2, -0.15) is 0 Å². The number of nitrogens with one attached hydrogen (secondary N) is 1. The number of benzene rings is 2. The average Bonchev–Trinajstić information content (AvgIpc) is 2.42. The summed E-state index contributed by atoms with van der Waals surface area (Å²) in [4.78, 5) is 11.9. The highest BCUT2D eigenvalue weighted by Gasteiger charge is 2.04. The molecule has 1 amide bonds. The maximum absolute atomic E-state index is 12.8. The fraction of sp³-hybridized carbons (Fsp3) is 0.235. The number of rotatable bonds is 4. The number of anilines is 1. The van der Waals surface area contributed by atoms with E-state index in [0.717, 1.165) is 16.8 Å². The van der Waals surface area contributed by atoms with Crippen LogP contribution in [0.5, 0.6) is 0 Å². The minimum atomic E-state index is -0.256. The summed E-state index contributed by atoms with van der Waals surface area (Å²) in [5.74, 6) is -0.286. The Morgan fingerprint density at radius 3 is 2.40 bits per heavy atom. The number of halogens is 1. The summed E-state index contributed by atoms with van der Waals surface area (Å²) in [5, 5.41) is 2.88. The number of hydrogen-bond donors (Lipinski definition) is 1. The van der Waals surface area contributed by atoms with Gasteiger partial charge in [-0.15, -0.1) is 0 Å². The molecule has 0 spiro atoms. The van der Waals surface area contributed by atoms with Crippen molar-refractivity contribution in [3.05, 3.63) is 65.0 Å². The number of carbonyl (C=O) groups is 1. The first-order valence-electron chi connectivity index (χ1n) is 6.66. The zero-order chi connectivity index (χ0) is 14.5. The Balaban J connectivity index is 1.89. The van der Waals surface area contributed by atoms with E-state index >= 15 is 0 Å². The molecule has 0 fully saturated rings. The van der Waals surface area contributed by atoms with Crippen molar-refractivity contribution in [2.45, 2.75) is 26.7 Å². The molecule has 0 heterocycles. The van der Waals surface area contributed by atoms with Gasteiger partial charge in [-0.1, -0.05) is 18.2 Å². The first-order chi connectivity index (χ1) is 9.54. The normalized spacial score (nSPS) is 10.3. The van der Waals surface area contributed by atoms with E-state index in [1.807, 2.05) is 32.0 Å². The Morgan fingerprint density at radius 2 is 1.75 bits per heavy atom. The van der Waals surface area contributed by atoms with Crippen molar-refractivity contribution in [1.82, 2.24) is 0 Å². The van der Waals surface area contributed by atoms with Gasteiger partial charge in [0.05, 0.1) is 0 Å². The first-order valence-corrected chi connectivity index (χ1v) is 6.66. The molecule has 0 saturated heterocycles. The van der Waals surface area contributed by atoms with Gasteiger partial charge in [0.2, 0.25) is 5.91 Å². The third kappa shape index (κ3) is 3.92. The van der Waals surface area contributed by atoms with Crippen molar-refractivity contribution in [3.8, 4) is 0 Å². The van der Waals surface area contributed by atoms with E-state index < -0.39 is 0 Å². The predicted molar refractivity (Wildman–Crippen MR) is 79.3 cm³/mol. The molecule has 0 aliphatic rings. The SMILES string of the molecule is Cc1ccc(NC(=O)CCc2ccc(F)cc2)cc1C. The predicted octanol–water partition coefficient (Wildman–Crippen LogP) is 4.01. The molecule has 2 aromatic rings. The van der Waals surface area contributed by atoms with Crippen LogP contribution in [0.1, 0.15) is 23.1 Å². The Hall–Kier alpha value is -2.16. The maximum atomic E-state index is 12.8. The van der Waals surface area contributed by atoms with Gasteiger partial charge in [-0.05, 0) is 61.2 Å². The van der Waals surface area contributed by atoms with Gasteiger partial charge in [0.1, 0.15) is 5.82 Å². The fourth-order valence-corrected chi connectivity index (χ4v) is 1.95. The molecule has 104 valence electrons. The Bertz CT molecular complexity index is 605. The summed E-state index contributed by atoms with van der Waals surface area (Å²) in [6, 6.07) is 12.1. The first kappa shape index (κ1) is 14.3. The number of hydrogen-bond acceptors (Lipinski definition) is 1. The van der Waals surface area contributed by atoms with Gasteiger partial charge in [-0.3, -0.25) is 4.79 Å². The third-order valence-electron chi connectivity index (χ3n) is 3.34. The third-order valence-corrected chi connectivity index (χ3v) is 3.34. The van der Waals surface area contributed by atoms with Crippen molar-refractivity contribution < 1.29 is 9.18 Å². The zero-order valence-electron chi connectivity index (χ0n) is 11.7. The van der Waals surface area contributed by atoms with Crippen LogP contribution in [-0.2, 0) is 11.2 Å². The summed E-state index contributed by atoms with van der Waals surface area (Å²) >= 11 is 0. The summed E-state index contributed by atoms with van der Waals surface area (Å²) in [6.07, 6.45) is 0.996. The Kier molecular flexibility index (Phi) is 4.51. The van der Waals surface area contributed by atoms with Gasteiger partial charge in [0, 0.05) is 12.1 Å². The molecule has 20 heavy (non-hydrogen) atoms. The maximum Gasteiger partial charge on any atom is 0.224 e. The highest BCUT2D eigenvalue weighted by molar-refractivity contribution is 5.90. The summed E-state index contributed by atoms with van der Waals surface area (Å²) in [6.45, 7) is 4.05. The van der Waals surface area contributed by atoms with Crippen LogP contribution in [0.3, 0.4) is 0 Å². The van der Waals surface area contributed by atoms with Gasteiger partial charge in [0.15, 0.2) is 0 Å². The largest absolute Gasteiger partial charge is 0.326 e. The van der Waals surface area contributed by atoms with Gasteiger partial charge < -0.3 is 5.32 Å². The molecule has 2 nitrogen and oxygen atoms in total. The lowest BCUT2D eigenvalue weighted by Crippen LogP contribution is -2.12. The van der Waals surface area contributed by atoms with Gasteiger partial charge in [-0.25, -0.2) is 4.39 Å². The average molecular weight is 271 g/mol. The highest BCUT2D eigenvalue weighted by Crippen LogP contribution is 2.14. The lowest BCUT2D eigenvalue weighted by Gasteiger charge is -2.07. The van der Waals surface area contributed by atoms with Crippen LogP contribution >= 0.6 is 0 Å². The van der Waals surface area contributed by atoms with Crippen molar-refractivity contribution >= 4 is 11.6 Å². The lowest BCUT2D eigenvalue weighted by molar-refractivity contribution is -0.116. The van der Waals surface area contributed by atoms with E-state index in [1.165, 1.54) is 17.7 Å². The molecular formula is C17H18FNO. The van der Waals surface area contributed by atoms with E-state index in [1.54, 1.807) is 12.1 Å². The Morgan fingerprint density at radius 1 is 1.05 bits per heavy atom. The molecule has 0 radical (unpaired) electrons. The molecule has 1 N–H and O–H groups in total. The minimum absolute atomic E-state index is 0.0300. The number of amides is 1. The second-order valence-electron chi connectivity index (χ2n) is 4.97. The van der Waals surface area contributed by atoms with Gasteiger partial charge >= 0.3 is 0 Å². The van der Waals surface area contributed by atoms with E-state index in [9.17, 15) is 9.18 Å². The van der Waals surface area contributed by atoms with Crippen LogP contribution in [0.4, 0.5) is 10.1 Å². The monoisotopic (exact) mass is 271 g/mol. The fourth-order valence-electron chi connectivity index (χ4n) is 1.95. The smallest absolute Gasteiger partial charge is 0.224 e. The van der Waals surface area contributed by atoms with E-state index in [4.69, 9.17) is 0 Å². The van der Waals surface area contributed by atoms with Crippen molar-refractivity contribution in [2.24, 2.45) is 0 Å².